The topological polar surface area (TPSA) is 0 Å². The van der Waals surface area contributed by atoms with E-state index in [-0.39, 0.29) is 0 Å². The molecule has 0 heterocycles. The van der Waals surface area contributed by atoms with E-state index in [9.17, 15) is 0 Å². The van der Waals surface area contributed by atoms with Gasteiger partial charge in [-0.05, 0) is 5.92 Å². The Morgan fingerprint density at radius 3 is 2.18 bits per heavy atom. The maximum absolute atomic E-state index is 2.55. The highest BCUT2D eigenvalue weighted by molar-refractivity contribution is 6.77. The molecule has 0 radical (unpaired) electrons. The molecule has 0 amide bonds. The van der Waals surface area contributed by atoms with Gasteiger partial charge in [-0.25, -0.2) is 0 Å². The van der Waals surface area contributed by atoms with E-state index < -0.39 is 8.07 Å². The zero-order chi connectivity index (χ0) is 8.32. The van der Waals surface area contributed by atoms with Gasteiger partial charge in [-0.15, -0.1) is 0 Å². The van der Waals surface area contributed by atoms with Crippen molar-refractivity contribution in [2.24, 2.45) is 5.92 Å². The summed E-state index contributed by atoms with van der Waals surface area (Å²) in [5.41, 5.74) is 0. The van der Waals surface area contributed by atoms with Crippen LogP contribution < -0.4 is 0 Å². The molecule has 1 aliphatic rings. The van der Waals surface area contributed by atoms with Crippen LogP contribution in [0.5, 0.6) is 0 Å². The lowest BCUT2D eigenvalue weighted by molar-refractivity contribution is 0.600. The fourth-order valence-corrected chi connectivity index (χ4v) is 4.40. The van der Waals surface area contributed by atoms with E-state index >= 15 is 0 Å². The van der Waals surface area contributed by atoms with Crippen LogP contribution in [-0.4, -0.2) is 8.07 Å². The van der Waals surface area contributed by atoms with Gasteiger partial charge in [-0.2, -0.15) is 0 Å². The fourth-order valence-electron chi connectivity index (χ4n) is 2.14. The zero-order valence-electron chi connectivity index (χ0n) is 8.32. The van der Waals surface area contributed by atoms with Crippen molar-refractivity contribution in [1.29, 1.82) is 0 Å². The van der Waals surface area contributed by atoms with E-state index in [1.54, 1.807) is 6.04 Å². The average Bonchev–Trinajstić information content (AvgIpc) is 2.39. The molecule has 1 rings (SSSR count). The van der Waals surface area contributed by atoms with Gasteiger partial charge >= 0.3 is 0 Å². The third kappa shape index (κ3) is 2.98. The Morgan fingerprint density at radius 1 is 1.18 bits per heavy atom. The molecule has 0 saturated heterocycles. The normalized spacial score (nSPS) is 21.0. The first-order valence-corrected chi connectivity index (χ1v) is 8.55. The highest BCUT2D eigenvalue weighted by atomic mass is 28.3. The van der Waals surface area contributed by atoms with Crippen LogP contribution in [0.1, 0.15) is 32.6 Å². The summed E-state index contributed by atoms with van der Waals surface area (Å²) < 4.78 is 0. The molecular formula is C10H22Si. The fraction of sp³-hybridized carbons (Fsp3) is 1.00. The molecule has 0 unspecified atom stereocenters. The largest absolute Gasteiger partial charge is 0.0693 e. The van der Waals surface area contributed by atoms with Crippen molar-refractivity contribution in [3.05, 3.63) is 0 Å². The Bertz CT molecular complexity index is 112. The minimum atomic E-state index is -0.742. The van der Waals surface area contributed by atoms with Crippen molar-refractivity contribution < 1.29 is 0 Å². The predicted octanol–water partition coefficient (Wildman–Crippen LogP) is 3.90. The van der Waals surface area contributed by atoms with Crippen molar-refractivity contribution in [2.45, 2.75) is 57.8 Å². The van der Waals surface area contributed by atoms with Gasteiger partial charge in [0.25, 0.3) is 0 Å². The summed E-state index contributed by atoms with van der Waals surface area (Å²) in [6, 6.07) is 3.08. The van der Waals surface area contributed by atoms with Crippen molar-refractivity contribution in [3.63, 3.8) is 0 Å². The van der Waals surface area contributed by atoms with Gasteiger partial charge in [0.15, 0.2) is 0 Å². The van der Waals surface area contributed by atoms with Crippen LogP contribution in [0.4, 0.5) is 0 Å². The van der Waals surface area contributed by atoms with E-state index in [0.717, 1.165) is 5.92 Å². The molecule has 0 aromatic heterocycles. The molecule has 11 heavy (non-hydrogen) atoms. The van der Waals surface area contributed by atoms with Crippen LogP contribution in [-0.2, 0) is 0 Å². The molecule has 0 N–H and O–H groups in total. The van der Waals surface area contributed by atoms with Crippen molar-refractivity contribution in [3.8, 4) is 0 Å². The second-order valence-electron chi connectivity index (χ2n) is 4.87. The number of hydrogen-bond acceptors (Lipinski definition) is 0. The molecule has 0 bridgehead atoms. The lowest BCUT2D eigenvalue weighted by Gasteiger charge is -2.23. The molecule has 0 aliphatic heterocycles. The van der Waals surface area contributed by atoms with E-state index in [2.05, 4.69) is 20.0 Å². The third-order valence-electron chi connectivity index (χ3n) is 3.27. The van der Waals surface area contributed by atoms with Gasteiger partial charge in [0.1, 0.15) is 0 Å². The van der Waals surface area contributed by atoms with Crippen LogP contribution in [0.3, 0.4) is 0 Å². The molecule has 1 saturated carbocycles. The Kier molecular flexibility index (Phi) is 3.17. The highest BCUT2D eigenvalue weighted by Crippen LogP contribution is 2.33. The monoisotopic (exact) mass is 170 g/mol. The third-order valence-corrected chi connectivity index (χ3v) is 6.87. The first-order chi connectivity index (χ1) is 5.14. The molecule has 1 heteroatoms. The van der Waals surface area contributed by atoms with E-state index in [0.29, 0.717) is 0 Å². The summed E-state index contributed by atoms with van der Waals surface area (Å²) in [5, 5.41) is 0. The van der Waals surface area contributed by atoms with Crippen LogP contribution in [0.2, 0.25) is 25.2 Å². The van der Waals surface area contributed by atoms with Gasteiger partial charge in [0, 0.05) is 8.07 Å². The minimum absolute atomic E-state index is 0.742. The smallest absolute Gasteiger partial charge is 0.0473 e. The van der Waals surface area contributed by atoms with Crippen LogP contribution in [0.15, 0.2) is 0 Å². The van der Waals surface area contributed by atoms with Gasteiger partial charge in [-0.3, -0.25) is 0 Å². The van der Waals surface area contributed by atoms with Crippen LogP contribution >= 0.6 is 0 Å². The molecule has 0 atom stereocenters. The van der Waals surface area contributed by atoms with Gasteiger partial charge in [-0.1, -0.05) is 57.8 Å². The van der Waals surface area contributed by atoms with Crippen molar-refractivity contribution in [1.82, 2.24) is 0 Å². The number of rotatable bonds is 3. The quantitative estimate of drug-likeness (QED) is 0.563. The number of hydrogen-bond donors (Lipinski definition) is 0. The molecule has 0 spiro atoms. The maximum atomic E-state index is 2.55. The summed E-state index contributed by atoms with van der Waals surface area (Å²) in [4.78, 5) is 0. The molecule has 1 fully saturated rings. The van der Waals surface area contributed by atoms with Gasteiger partial charge < -0.3 is 0 Å². The Hall–Kier alpha value is 0.217. The summed E-state index contributed by atoms with van der Waals surface area (Å²) in [6.07, 6.45) is 6.10. The summed E-state index contributed by atoms with van der Waals surface area (Å²) >= 11 is 0. The lowest BCUT2D eigenvalue weighted by Crippen LogP contribution is -2.26. The van der Waals surface area contributed by atoms with Crippen molar-refractivity contribution in [2.75, 3.05) is 0 Å². The van der Waals surface area contributed by atoms with Crippen LogP contribution in [0, 0.1) is 5.92 Å². The zero-order valence-corrected chi connectivity index (χ0v) is 9.32. The second kappa shape index (κ2) is 3.75. The first-order valence-electron chi connectivity index (χ1n) is 5.14. The average molecular weight is 170 g/mol. The molecule has 1 aliphatic carbocycles. The van der Waals surface area contributed by atoms with E-state index in [1.165, 1.54) is 31.7 Å². The molecule has 0 aromatic carbocycles. The summed E-state index contributed by atoms with van der Waals surface area (Å²) in [5.74, 6) is 1.12. The van der Waals surface area contributed by atoms with Gasteiger partial charge in [0.2, 0.25) is 0 Å². The van der Waals surface area contributed by atoms with E-state index in [4.69, 9.17) is 0 Å². The lowest BCUT2D eigenvalue weighted by atomic mass is 10.1. The molecule has 0 nitrogen and oxygen atoms in total. The Labute approximate surface area is 72.4 Å². The first kappa shape index (κ1) is 9.31. The minimum Gasteiger partial charge on any atom is -0.0693 e. The maximum Gasteiger partial charge on any atom is 0.0473 e. The second-order valence-corrected chi connectivity index (χ2v) is 10.3. The molecule has 0 aromatic rings. The standard InChI is InChI=1S/C10H22Si/c1-4-11(2,3)9-10-7-5-6-8-10/h10H,4-9H2,1-3H3. The van der Waals surface area contributed by atoms with Gasteiger partial charge in [0.05, 0.1) is 0 Å². The summed E-state index contributed by atoms with van der Waals surface area (Å²) in [7, 11) is -0.742. The molecule has 66 valence electrons. The van der Waals surface area contributed by atoms with Crippen molar-refractivity contribution >= 4 is 8.07 Å². The summed E-state index contributed by atoms with van der Waals surface area (Å²) in [6.45, 7) is 7.47. The van der Waals surface area contributed by atoms with E-state index in [1.807, 2.05) is 0 Å². The predicted molar refractivity (Wildman–Crippen MR) is 54.7 cm³/mol. The van der Waals surface area contributed by atoms with Crippen LogP contribution in [0.25, 0.3) is 0 Å². The molecular weight excluding hydrogens is 148 g/mol. The Morgan fingerprint density at radius 2 is 1.73 bits per heavy atom. The Balaban J connectivity index is 2.28. The highest BCUT2D eigenvalue weighted by Gasteiger charge is 2.25. The SMILES string of the molecule is CC[Si](C)(C)CC1CCCC1.